The standard InChI is InChI=1S/C54H101NO13/c1-3-5-7-9-11-13-15-17-19-20-21-22-24-25-27-29-31-33-35-37-43(58)42(55-46(59)38-36-34-32-30-28-26-23-18-16-14-12-10-8-6-4-2)41-65-53-51(64)49(62)52(45(40-57)67-53)68-54-50(63)48(61)47(60)44(39-56)66-54/h27,29,35,37,42-45,47-54,56-58,60-64H,3-26,28,30-34,36,38-41H2,1-2H3,(H,55,59)/b29-27+,37-35+. The van der Waals surface area contributed by atoms with Crippen molar-refractivity contribution in [2.24, 2.45) is 0 Å². The van der Waals surface area contributed by atoms with Gasteiger partial charge in [-0.25, -0.2) is 0 Å². The largest absolute Gasteiger partial charge is 0.394 e. The number of nitrogens with one attached hydrogen (secondary N) is 1. The maximum absolute atomic E-state index is 13.2. The van der Waals surface area contributed by atoms with E-state index in [1.807, 2.05) is 6.08 Å². The van der Waals surface area contributed by atoms with Crippen LogP contribution in [0, 0.1) is 0 Å². The molecule has 2 aliphatic rings. The van der Waals surface area contributed by atoms with E-state index in [0.717, 1.165) is 32.1 Å². The molecule has 0 saturated carbocycles. The van der Waals surface area contributed by atoms with Crippen LogP contribution in [0.2, 0.25) is 0 Å². The average molecular weight is 972 g/mol. The van der Waals surface area contributed by atoms with E-state index in [9.17, 15) is 45.6 Å². The van der Waals surface area contributed by atoms with E-state index in [1.54, 1.807) is 6.08 Å². The van der Waals surface area contributed by atoms with Gasteiger partial charge in [-0.3, -0.25) is 4.79 Å². The molecule has 2 heterocycles. The van der Waals surface area contributed by atoms with Gasteiger partial charge < -0.3 is 65.1 Å². The number of carbonyl (C=O) groups excluding carboxylic acids is 1. The van der Waals surface area contributed by atoms with Crippen LogP contribution in [0.25, 0.3) is 0 Å². The van der Waals surface area contributed by atoms with Gasteiger partial charge in [0.2, 0.25) is 5.91 Å². The minimum Gasteiger partial charge on any atom is -0.394 e. The van der Waals surface area contributed by atoms with Gasteiger partial charge >= 0.3 is 0 Å². The van der Waals surface area contributed by atoms with E-state index in [0.29, 0.717) is 12.8 Å². The SMILES string of the molecule is CCCCCCCCCCCCCCC/C=C/CC/C=C/C(O)C(COC1OC(CO)C(OC2OC(CO)C(O)C(O)C2O)C(O)C1O)NC(=O)CCCCCCCCCCCCCCCCC. The van der Waals surface area contributed by atoms with Crippen LogP contribution < -0.4 is 5.32 Å². The molecule has 0 aromatic carbocycles. The Bertz CT molecular complexity index is 1240. The van der Waals surface area contributed by atoms with Crippen molar-refractivity contribution in [1.82, 2.24) is 5.32 Å². The number of ether oxygens (including phenoxy) is 4. The zero-order chi connectivity index (χ0) is 49.6. The van der Waals surface area contributed by atoms with Gasteiger partial charge in [-0.2, -0.15) is 0 Å². The fourth-order valence-electron chi connectivity index (χ4n) is 9.13. The number of hydrogen-bond acceptors (Lipinski definition) is 13. The number of allylic oxidation sites excluding steroid dienone is 3. The van der Waals surface area contributed by atoms with E-state index >= 15 is 0 Å². The zero-order valence-electron chi connectivity index (χ0n) is 42.6. The lowest BCUT2D eigenvalue weighted by Crippen LogP contribution is -2.65. The molecule has 9 N–H and O–H groups in total. The number of aliphatic hydroxyl groups excluding tert-OH is 8. The molecule has 2 aliphatic heterocycles. The lowest BCUT2D eigenvalue weighted by molar-refractivity contribution is -0.359. The first-order chi connectivity index (χ1) is 33.1. The molecule has 1 amide bonds. The van der Waals surface area contributed by atoms with Gasteiger partial charge in [0.05, 0.1) is 32.0 Å². The maximum atomic E-state index is 13.2. The normalized spacial score (nSPS) is 26.5. The van der Waals surface area contributed by atoms with Gasteiger partial charge in [-0.1, -0.05) is 205 Å². The average Bonchev–Trinajstić information content (AvgIpc) is 3.34. The van der Waals surface area contributed by atoms with Crippen LogP contribution in [-0.2, 0) is 23.7 Å². The fraction of sp³-hybridized carbons (Fsp3) is 0.907. The summed E-state index contributed by atoms with van der Waals surface area (Å²) < 4.78 is 22.7. The third-order valence-electron chi connectivity index (χ3n) is 13.6. The van der Waals surface area contributed by atoms with Gasteiger partial charge in [0.25, 0.3) is 0 Å². The number of rotatable bonds is 43. The van der Waals surface area contributed by atoms with Crippen molar-refractivity contribution in [2.75, 3.05) is 19.8 Å². The molecule has 68 heavy (non-hydrogen) atoms. The number of carbonyl (C=O) groups is 1. The van der Waals surface area contributed by atoms with Crippen LogP contribution in [0.5, 0.6) is 0 Å². The summed E-state index contributed by atoms with van der Waals surface area (Å²) in [4.78, 5) is 13.2. The van der Waals surface area contributed by atoms with Crippen LogP contribution in [-0.4, -0.2) is 140 Å². The summed E-state index contributed by atoms with van der Waals surface area (Å²) in [6.07, 6.45) is 29.3. The summed E-state index contributed by atoms with van der Waals surface area (Å²) in [5.74, 6) is -0.247. The van der Waals surface area contributed by atoms with E-state index < -0.39 is 86.8 Å². The highest BCUT2D eigenvalue weighted by atomic mass is 16.7. The second kappa shape index (κ2) is 41.0. The second-order valence-electron chi connectivity index (χ2n) is 19.7. The van der Waals surface area contributed by atoms with Crippen molar-refractivity contribution >= 4 is 5.91 Å². The van der Waals surface area contributed by atoms with Crippen molar-refractivity contribution < 1.29 is 64.6 Å². The summed E-state index contributed by atoms with van der Waals surface area (Å²) in [5, 5.41) is 86.9. The number of unbranched alkanes of at least 4 members (excludes halogenated alkanes) is 28. The molecule has 2 saturated heterocycles. The van der Waals surface area contributed by atoms with E-state index in [4.69, 9.17) is 18.9 Å². The smallest absolute Gasteiger partial charge is 0.220 e. The number of hydrogen-bond donors (Lipinski definition) is 9. The van der Waals surface area contributed by atoms with E-state index in [2.05, 4.69) is 31.3 Å². The highest BCUT2D eigenvalue weighted by molar-refractivity contribution is 5.76. The Morgan fingerprint density at radius 1 is 0.515 bits per heavy atom. The highest BCUT2D eigenvalue weighted by Crippen LogP contribution is 2.30. The topological polar surface area (TPSA) is 228 Å². The molecular formula is C54H101NO13. The molecule has 12 atom stereocenters. The minimum atomic E-state index is -1.79. The van der Waals surface area contributed by atoms with Crippen molar-refractivity contribution in [1.29, 1.82) is 0 Å². The quantitative estimate of drug-likeness (QED) is 0.0208. The summed E-state index contributed by atoms with van der Waals surface area (Å²) in [7, 11) is 0. The molecule has 0 spiro atoms. The van der Waals surface area contributed by atoms with Crippen LogP contribution in [0.4, 0.5) is 0 Å². The lowest BCUT2D eigenvalue weighted by atomic mass is 9.97. The minimum absolute atomic E-state index is 0.247. The first kappa shape index (κ1) is 62.6. The highest BCUT2D eigenvalue weighted by Gasteiger charge is 2.51. The van der Waals surface area contributed by atoms with Gasteiger partial charge in [-0.15, -0.1) is 0 Å². The molecule has 2 rings (SSSR count). The predicted molar refractivity (Wildman–Crippen MR) is 268 cm³/mol. The number of amides is 1. The molecule has 0 radical (unpaired) electrons. The summed E-state index contributed by atoms with van der Waals surface area (Å²) in [6, 6.07) is -0.926. The summed E-state index contributed by atoms with van der Waals surface area (Å²) >= 11 is 0. The van der Waals surface area contributed by atoms with E-state index in [1.165, 1.54) is 154 Å². The summed E-state index contributed by atoms with van der Waals surface area (Å²) in [6.45, 7) is 2.79. The third-order valence-corrected chi connectivity index (χ3v) is 13.6. The third kappa shape index (κ3) is 27.3. The Hall–Kier alpha value is -1.53. The Kier molecular flexibility index (Phi) is 37.7. The van der Waals surface area contributed by atoms with E-state index in [-0.39, 0.29) is 18.9 Å². The molecule has 14 nitrogen and oxygen atoms in total. The molecule has 0 aromatic rings. The van der Waals surface area contributed by atoms with Crippen LogP contribution in [0.1, 0.15) is 219 Å². The Balaban J connectivity index is 1.83. The van der Waals surface area contributed by atoms with Crippen molar-refractivity contribution in [3.05, 3.63) is 24.3 Å². The molecule has 12 unspecified atom stereocenters. The molecule has 14 heteroatoms. The fourth-order valence-corrected chi connectivity index (χ4v) is 9.13. The lowest BCUT2D eigenvalue weighted by Gasteiger charge is -2.46. The Morgan fingerprint density at radius 2 is 0.941 bits per heavy atom. The summed E-state index contributed by atoms with van der Waals surface area (Å²) in [5.41, 5.74) is 0. The predicted octanol–water partition coefficient (Wildman–Crippen LogP) is 8.11. The van der Waals surface area contributed by atoms with Crippen molar-refractivity contribution in [3.63, 3.8) is 0 Å². The Morgan fingerprint density at radius 3 is 1.44 bits per heavy atom. The molecule has 0 aromatic heterocycles. The zero-order valence-corrected chi connectivity index (χ0v) is 42.6. The first-order valence-electron chi connectivity index (χ1n) is 27.6. The molecule has 2 fully saturated rings. The van der Waals surface area contributed by atoms with Gasteiger partial charge in [-0.05, 0) is 32.1 Å². The van der Waals surface area contributed by atoms with Gasteiger partial charge in [0, 0.05) is 6.42 Å². The molecular weight excluding hydrogens is 871 g/mol. The van der Waals surface area contributed by atoms with Crippen molar-refractivity contribution in [2.45, 2.75) is 293 Å². The second-order valence-corrected chi connectivity index (χ2v) is 19.7. The first-order valence-corrected chi connectivity index (χ1v) is 27.6. The van der Waals surface area contributed by atoms with Gasteiger partial charge in [0.1, 0.15) is 48.8 Å². The Labute approximate surface area is 411 Å². The van der Waals surface area contributed by atoms with Crippen LogP contribution >= 0.6 is 0 Å². The molecule has 0 bridgehead atoms. The maximum Gasteiger partial charge on any atom is 0.220 e. The molecule has 0 aliphatic carbocycles. The molecule has 400 valence electrons. The monoisotopic (exact) mass is 972 g/mol. The van der Waals surface area contributed by atoms with Crippen LogP contribution in [0.15, 0.2) is 24.3 Å². The van der Waals surface area contributed by atoms with Gasteiger partial charge in [0.15, 0.2) is 12.6 Å². The van der Waals surface area contributed by atoms with Crippen LogP contribution in [0.3, 0.4) is 0 Å². The number of aliphatic hydroxyl groups is 8. The van der Waals surface area contributed by atoms with Crippen molar-refractivity contribution in [3.8, 4) is 0 Å².